The van der Waals surface area contributed by atoms with Crippen LogP contribution in [0, 0.1) is 5.41 Å². The van der Waals surface area contributed by atoms with Crippen molar-refractivity contribution < 1.29 is 18.7 Å². The number of nitrogens with one attached hydrogen (secondary N) is 1. The lowest BCUT2D eigenvalue weighted by atomic mass is 10.2. The van der Waals surface area contributed by atoms with Crippen LogP contribution in [0.2, 0.25) is 0 Å². The lowest BCUT2D eigenvalue weighted by Crippen LogP contribution is -2.18. The molecule has 0 radical (unpaired) electrons. The van der Waals surface area contributed by atoms with Gasteiger partial charge in [0.25, 0.3) is 0 Å². The van der Waals surface area contributed by atoms with Crippen LogP contribution in [-0.2, 0) is 4.74 Å². The molecule has 0 aliphatic rings. The van der Waals surface area contributed by atoms with Crippen LogP contribution >= 0.6 is 15.9 Å². The molecule has 0 spiro atoms. The third-order valence-electron chi connectivity index (χ3n) is 2.38. The summed E-state index contributed by atoms with van der Waals surface area (Å²) >= 11 is 3.20. The third-order valence-corrected chi connectivity index (χ3v) is 3.02. The van der Waals surface area contributed by atoms with Gasteiger partial charge in [-0.1, -0.05) is 15.9 Å². The summed E-state index contributed by atoms with van der Waals surface area (Å²) < 4.78 is 22.9. The van der Waals surface area contributed by atoms with Gasteiger partial charge < -0.3 is 14.9 Å². The molecule has 1 rings (SSSR count). The number of carbonyl (C=O) groups is 1. The first kappa shape index (κ1) is 15.6. The molecule has 0 saturated carbocycles. The van der Waals surface area contributed by atoms with E-state index in [-0.39, 0.29) is 17.9 Å². The zero-order chi connectivity index (χ0) is 14.3. The zero-order valence-electron chi connectivity index (χ0n) is 10.4. The van der Waals surface area contributed by atoms with E-state index in [2.05, 4.69) is 15.9 Å². The first-order valence-electron chi connectivity index (χ1n) is 5.66. The molecule has 19 heavy (non-hydrogen) atoms. The molecule has 0 aliphatic carbocycles. The molecule has 0 aliphatic heterocycles. The van der Waals surface area contributed by atoms with Gasteiger partial charge in [0.1, 0.15) is 18.5 Å². The van der Waals surface area contributed by atoms with E-state index in [1.165, 1.54) is 0 Å². The Morgan fingerprint density at radius 3 is 2.63 bits per heavy atom. The number of esters is 1. The Balaban J connectivity index is 2.43. The number of hydrogen-bond donors (Lipinski definition) is 1. The number of carbonyl (C=O) groups excluding carboxylic acids is 1. The summed E-state index contributed by atoms with van der Waals surface area (Å²) in [6, 6.07) is 6.52. The molecule has 0 saturated heterocycles. The lowest BCUT2D eigenvalue weighted by molar-refractivity contribution is 0.0502. The van der Waals surface area contributed by atoms with E-state index in [0.29, 0.717) is 11.3 Å². The molecule has 0 bridgehead atoms. The van der Waals surface area contributed by atoms with Crippen molar-refractivity contribution in [1.29, 1.82) is 5.41 Å². The van der Waals surface area contributed by atoms with Crippen LogP contribution in [0.15, 0.2) is 24.3 Å². The molecule has 1 aromatic carbocycles. The van der Waals surface area contributed by atoms with Gasteiger partial charge in [0.05, 0.1) is 17.5 Å². The van der Waals surface area contributed by atoms with E-state index in [1.807, 2.05) is 0 Å². The summed E-state index contributed by atoms with van der Waals surface area (Å²) in [5.74, 6) is 0.179. The molecular formula is C13H15BrFNO3. The standard InChI is InChI=1S/C13H15BrFNO3/c1-18-12-4-2-9(3-5-12)13(17)19-8-10(14)6-11(15)7-16/h2-5,7,10-11,16H,6,8H2,1H3/t10-,11+/m1/s1. The van der Waals surface area contributed by atoms with Crippen molar-refractivity contribution in [3.05, 3.63) is 29.8 Å². The van der Waals surface area contributed by atoms with Crippen molar-refractivity contribution in [2.24, 2.45) is 0 Å². The molecule has 1 N–H and O–H groups in total. The van der Waals surface area contributed by atoms with E-state index in [4.69, 9.17) is 14.9 Å². The minimum Gasteiger partial charge on any atom is -0.497 e. The summed E-state index contributed by atoms with van der Waals surface area (Å²) in [7, 11) is 1.54. The topological polar surface area (TPSA) is 59.4 Å². The maximum Gasteiger partial charge on any atom is 0.338 e. The smallest absolute Gasteiger partial charge is 0.338 e. The lowest BCUT2D eigenvalue weighted by Gasteiger charge is -2.11. The van der Waals surface area contributed by atoms with Gasteiger partial charge in [-0.25, -0.2) is 9.18 Å². The van der Waals surface area contributed by atoms with Gasteiger partial charge in [-0.15, -0.1) is 0 Å². The SMILES string of the molecule is COc1ccc(C(=O)OC[C@H](Br)C[C@H](F)C=N)cc1. The van der Waals surface area contributed by atoms with Crippen LogP contribution in [0.1, 0.15) is 16.8 Å². The number of methoxy groups -OCH3 is 1. The Kier molecular flexibility index (Phi) is 6.49. The molecule has 6 heteroatoms. The van der Waals surface area contributed by atoms with E-state index in [1.54, 1.807) is 31.4 Å². The number of halogens is 2. The molecule has 0 fully saturated rings. The molecule has 4 nitrogen and oxygen atoms in total. The Hall–Kier alpha value is -1.43. The molecule has 0 aromatic heterocycles. The van der Waals surface area contributed by atoms with Crippen LogP contribution in [0.25, 0.3) is 0 Å². The van der Waals surface area contributed by atoms with E-state index in [0.717, 1.165) is 6.21 Å². The average molecular weight is 332 g/mol. The fourth-order valence-corrected chi connectivity index (χ4v) is 1.85. The second kappa shape index (κ2) is 7.89. The van der Waals surface area contributed by atoms with Gasteiger partial charge in [0.15, 0.2) is 0 Å². The second-order valence-electron chi connectivity index (χ2n) is 3.84. The zero-order valence-corrected chi connectivity index (χ0v) is 12.0. The largest absolute Gasteiger partial charge is 0.497 e. The van der Waals surface area contributed by atoms with Gasteiger partial charge in [-0.3, -0.25) is 0 Å². The molecule has 0 heterocycles. The molecule has 2 atom stereocenters. The monoisotopic (exact) mass is 331 g/mol. The molecular weight excluding hydrogens is 317 g/mol. The van der Waals surface area contributed by atoms with Crippen LogP contribution in [0.4, 0.5) is 4.39 Å². The first-order chi connectivity index (χ1) is 9.06. The molecule has 1 aromatic rings. The van der Waals surface area contributed by atoms with Crippen LogP contribution in [0.3, 0.4) is 0 Å². The van der Waals surface area contributed by atoms with Gasteiger partial charge in [-0.2, -0.15) is 0 Å². The highest BCUT2D eigenvalue weighted by atomic mass is 79.9. The quantitative estimate of drug-likeness (QED) is 0.474. The number of hydrogen-bond acceptors (Lipinski definition) is 4. The Labute approximate surface area is 119 Å². The number of benzene rings is 1. The summed E-state index contributed by atoms with van der Waals surface area (Å²) in [5, 5.41) is 6.75. The van der Waals surface area contributed by atoms with Crippen LogP contribution in [-0.4, -0.2) is 36.9 Å². The minimum absolute atomic E-state index is 0.0547. The molecule has 0 unspecified atom stereocenters. The fourth-order valence-electron chi connectivity index (χ4n) is 1.36. The highest BCUT2D eigenvalue weighted by Gasteiger charge is 2.14. The Morgan fingerprint density at radius 2 is 2.11 bits per heavy atom. The Bertz CT molecular complexity index is 424. The first-order valence-corrected chi connectivity index (χ1v) is 6.58. The summed E-state index contributed by atoms with van der Waals surface area (Å²) in [5.41, 5.74) is 0.407. The highest BCUT2D eigenvalue weighted by molar-refractivity contribution is 9.09. The van der Waals surface area contributed by atoms with Gasteiger partial charge in [0.2, 0.25) is 0 Å². The third kappa shape index (κ3) is 5.38. The average Bonchev–Trinajstić information content (AvgIpc) is 2.44. The van der Waals surface area contributed by atoms with Gasteiger partial charge in [0, 0.05) is 6.21 Å². The van der Waals surface area contributed by atoms with Gasteiger partial charge >= 0.3 is 5.97 Å². The van der Waals surface area contributed by atoms with Crippen molar-refractivity contribution in [3.63, 3.8) is 0 Å². The minimum atomic E-state index is -1.33. The van der Waals surface area contributed by atoms with Crippen molar-refractivity contribution in [2.45, 2.75) is 17.4 Å². The van der Waals surface area contributed by atoms with Crippen molar-refractivity contribution in [1.82, 2.24) is 0 Å². The highest BCUT2D eigenvalue weighted by Crippen LogP contribution is 2.14. The normalized spacial score (nSPS) is 13.4. The number of ether oxygens (including phenoxy) is 2. The molecule has 104 valence electrons. The fraction of sp³-hybridized carbons (Fsp3) is 0.385. The predicted molar refractivity (Wildman–Crippen MR) is 74.3 cm³/mol. The van der Waals surface area contributed by atoms with E-state index >= 15 is 0 Å². The molecule has 0 amide bonds. The predicted octanol–water partition coefficient (Wildman–Crippen LogP) is 2.99. The van der Waals surface area contributed by atoms with E-state index < -0.39 is 12.1 Å². The van der Waals surface area contributed by atoms with Crippen molar-refractivity contribution in [2.75, 3.05) is 13.7 Å². The van der Waals surface area contributed by atoms with Crippen LogP contribution < -0.4 is 4.74 Å². The summed E-state index contributed by atoms with van der Waals surface area (Å²) in [6.45, 7) is 0.0547. The Morgan fingerprint density at radius 1 is 1.47 bits per heavy atom. The summed E-state index contributed by atoms with van der Waals surface area (Å²) in [4.78, 5) is 11.4. The maximum absolute atomic E-state index is 12.9. The van der Waals surface area contributed by atoms with E-state index in [9.17, 15) is 9.18 Å². The second-order valence-corrected chi connectivity index (χ2v) is 5.14. The number of alkyl halides is 2. The van der Waals surface area contributed by atoms with Crippen molar-refractivity contribution in [3.8, 4) is 5.75 Å². The number of rotatable bonds is 7. The van der Waals surface area contributed by atoms with Gasteiger partial charge in [-0.05, 0) is 30.7 Å². The summed E-state index contributed by atoms with van der Waals surface area (Å²) in [6.07, 6.45) is -0.511. The van der Waals surface area contributed by atoms with Crippen molar-refractivity contribution >= 4 is 28.1 Å². The maximum atomic E-state index is 12.9. The van der Waals surface area contributed by atoms with Crippen LogP contribution in [0.5, 0.6) is 5.75 Å².